The maximum absolute atomic E-state index is 12.6. The highest BCUT2D eigenvalue weighted by Crippen LogP contribution is 2.17. The summed E-state index contributed by atoms with van der Waals surface area (Å²) in [6.07, 6.45) is 1.78. The van der Waals surface area contributed by atoms with E-state index in [1.54, 1.807) is 6.20 Å². The Morgan fingerprint density at radius 3 is 2.57 bits per heavy atom. The minimum atomic E-state index is 0.237. The number of piperazine rings is 1. The lowest BCUT2D eigenvalue weighted by atomic mass is 10.2. The monoisotopic (exact) mass is 410 g/mol. The maximum Gasteiger partial charge on any atom is 0.236 e. The Morgan fingerprint density at radius 2 is 1.80 bits per heavy atom. The number of morpholine rings is 1. The van der Waals surface area contributed by atoms with Gasteiger partial charge in [0.25, 0.3) is 0 Å². The van der Waals surface area contributed by atoms with Crippen molar-refractivity contribution in [2.75, 3.05) is 59.0 Å². The molecule has 0 atom stereocenters. The van der Waals surface area contributed by atoms with E-state index in [1.807, 2.05) is 35.2 Å². The van der Waals surface area contributed by atoms with Crippen LogP contribution in [-0.4, -0.2) is 84.6 Å². The van der Waals surface area contributed by atoms with Crippen LogP contribution in [0.4, 0.5) is 0 Å². The summed E-state index contributed by atoms with van der Waals surface area (Å²) < 4.78 is 11.3. The average molecular weight is 411 g/mol. The number of hydrogen-bond acceptors (Lipinski definition) is 6. The molecule has 0 aliphatic carbocycles. The van der Waals surface area contributed by atoms with E-state index < -0.39 is 0 Å². The summed E-state index contributed by atoms with van der Waals surface area (Å²) in [5, 5.41) is 0. The molecule has 160 valence electrons. The third kappa shape index (κ3) is 6.01. The van der Waals surface area contributed by atoms with Crippen molar-refractivity contribution >= 4 is 5.91 Å². The van der Waals surface area contributed by atoms with Crippen LogP contribution in [0, 0.1) is 0 Å². The molecule has 7 nitrogen and oxygen atoms in total. The molecule has 0 spiro atoms. The molecule has 0 radical (unpaired) electrons. The Bertz CT molecular complexity index is 803. The number of hydrogen-bond donors (Lipinski definition) is 0. The van der Waals surface area contributed by atoms with Crippen LogP contribution in [0.5, 0.6) is 5.75 Å². The summed E-state index contributed by atoms with van der Waals surface area (Å²) in [7, 11) is 0. The van der Waals surface area contributed by atoms with Crippen LogP contribution in [0.2, 0.25) is 0 Å². The second-order valence-electron chi connectivity index (χ2n) is 7.80. The van der Waals surface area contributed by atoms with Gasteiger partial charge in [0.2, 0.25) is 5.91 Å². The molecule has 0 bridgehead atoms. The fraction of sp³-hybridized carbons (Fsp3) is 0.478. The molecule has 1 aromatic carbocycles. The number of pyridine rings is 1. The minimum Gasteiger partial charge on any atom is -0.487 e. The lowest BCUT2D eigenvalue weighted by molar-refractivity contribution is -0.135. The second-order valence-corrected chi connectivity index (χ2v) is 7.80. The molecule has 2 fully saturated rings. The summed E-state index contributed by atoms with van der Waals surface area (Å²) >= 11 is 0. The predicted molar refractivity (Wildman–Crippen MR) is 114 cm³/mol. The van der Waals surface area contributed by atoms with Gasteiger partial charge in [-0.1, -0.05) is 18.2 Å². The number of rotatable bonds is 7. The van der Waals surface area contributed by atoms with Gasteiger partial charge >= 0.3 is 0 Å². The van der Waals surface area contributed by atoms with E-state index in [0.29, 0.717) is 13.2 Å². The Morgan fingerprint density at radius 1 is 0.967 bits per heavy atom. The van der Waals surface area contributed by atoms with Crippen LogP contribution in [0.3, 0.4) is 0 Å². The van der Waals surface area contributed by atoms with E-state index in [1.165, 1.54) is 5.56 Å². The summed E-state index contributed by atoms with van der Waals surface area (Å²) in [5.74, 6) is 1.10. The molecule has 2 aromatic rings. The highest BCUT2D eigenvalue weighted by atomic mass is 16.5. The van der Waals surface area contributed by atoms with E-state index in [4.69, 9.17) is 9.47 Å². The van der Waals surface area contributed by atoms with Crippen molar-refractivity contribution in [1.82, 2.24) is 19.7 Å². The van der Waals surface area contributed by atoms with Crippen molar-refractivity contribution < 1.29 is 14.3 Å². The number of carbonyl (C=O) groups excluding carboxylic acids is 1. The van der Waals surface area contributed by atoms with Crippen molar-refractivity contribution in [1.29, 1.82) is 0 Å². The first-order chi connectivity index (χ1) is 14.8. The molecule has 4 rings (SSSR count). The largest absolute Gasteiger partial charge is 0.487 e. The van der Waals surface area contributed by atoms with Gasteiger partial charge in [0.15, 0.2) is 0 Å². The smallest absolute Gasteiger partial charge is 0.236 e. The third-order valence-electron chi connectivity index (χ3n) is 5.61. The first-order valence-electron chi connectivity index (χ1n) is 10.7. The van der Waals surface area contributed by atoms with Crippen molar-refractivity contribution in [3.63, 3.8) is 0 Å². The van der Waals surface area contributed by atoms with Crippen molar-refractivity contribution in [2.24, 2.45) is 0 Å². The fourth-order valence-corrected chi connectivity index (χ4v) is 3.84. The highest BCUT2D eigenvalue weighted by Gasteiger charge is 2.23. The van der Waals surface area contributed by atoms with Crippen LogP contribution in [0.15, 0.2) is 48.7 Å². The SMILES string of the molecule is O=C(CN1CCOCC1)N1CCN(Cc2cccc(OCc3ccccn3)c2)CC1. The number of carbonyl (C=O) groups is 1. The maximum atomic E-state index is 12.6. The fourth-order valence-electron chi connectivity index (χ4n) is 3.84. The van der Waals surface area contributed by atoms with Crippen molar-refractivity contribution in [3.05, 3.63) is 59.9 Å². The lowest BCUT2D eigenvalue weighted by Crippen LogP contribution is -2.51. The predicted octanol–water partition coefficient (Wildman–Crippen LogP) is 1.64. The van der Waals surface area contributed by atoms with E-state index in [2.05, 4.69) is 26.9 Å². The van der Waals surface area contributed by atoms with Gasteiger partial charge in [-0.05, 0) is 29.8 Å². The Hall–Kier alpha value is -2.48. The van der Waals surface area contributed by atoms with Crippen LogP contribution in [-0.2, 0) is 22.7 Å². The van der Waals surface area contributed by atoms with Gasteiger partial charge in [0, 0.05) is 52.0 Å². The quantitative estimate of drug-likeness (QED) is 0.692. The van der Waals surface area contributed by atoms with Gasteiger partial charge in [-0.15, -0.1) is 0 Å². The van der Waals surface area contributed by atoms with E-state index in [9.17, 15) is 4.79 Å². The van der Waals surface area contributed by atoms with Gasteiger partial charge in [-0.3, -0.25) is 19.6 Å². The molecule has 7 heteroatoms. The van der Waals surface area contributed by atoms with Crippen LogP contribution < -0.4 is 4.74 Å². The number of amides is 1. The van der Waals surface area contributed by atoms with Crippen LogP contribution in [0.25, 0.3) is 0 Å². The zero-order chi connectivity index (χ0) is 20.6. The third-order valence-corrected chi connectivity index (χ3v) is 5.61. The highest BCUT2D eigenvalue weighted by molar-refractivity contribution is 5.78. The molecule has 30 heavy (non-hydrogen) atoms. The standard InChI is InChI=1S/C23H30N4O3/c28-23(18-26-12-14-29-15-13-26)27-10-8-25(9-11-27)17-20-4-3-6-22(16-20)30-19-21-5-1-2-7-24-21/h1-7,16H,8-15,17-19H2. The molecule has 2 aliphatic heterocycles. The van der Waals surface area contributed by atoms with E-state index in [0.717, 1.165) is 70.5 Å². The number of ether oxygens (including phenoxy) is 2. The van der Waals surface area contributed by atoms with Gasteiger partial charge in [0.1, 0.15) is 12.4 Å². The van der Waals surface area contributed by atoms with Crippen molar-refractivity contribution in [2.45, 2.75) is 13.2 Å². The van der Waals surface area contributed by atoms with Gasteiger partial charge in [0.05, 0.1) is 25.5 Å². The molecule has 1 amide bonds. The topological polar surface area (TPSA) is 58.1 Å². The summed E-state index contributed by atoms with van der Waals surface area (Å²) in [6.45, 7) is 8.38. The Labute approximate surface area is 178 Å². The number of nitrogens with zero attached hydrogens (tertiary/aromatic N) is 4. The zero-order valence-corrected chi connectivity index (χ0v) is 17.4. The molecule has 2 saturated heterocycles. The van der Waals surface area contributed by atoms with Crippen molar-refractivity contribution in [3.8, 4) is 5.75 Å². The first-order valence-corrected chi connectivity index (χ1v) is 10.7. The molecule has 0 unspecified atom stereocenters. The summed E-state index contributed by atoms with van der Waals surface area (Å²) in [6, 6.07) is 14.1. The van der Waals surface area contributed by atoms with Gasteiger partial charge in [-0.25, -0.2) is 0 Å². The minimum absolute atomic E-state index is 0.237. The molecular weight excluding hydrogens is 380 g/mol. The summed E-state index contributed by atoms with van der Waals surface area (Å²) in [5.41, 5.74) is 2.14. The molecular formula is C23H30N4O3. The van der Waals surface area contributed by atoms with Crippen LogP contribution in [0.1, 0.15) is 11.3 Å². The lowest BCUT2D eigenvalue weighted by Gasteiger charge is -2.36. The van der Waals surface area contributed by atoms with Crippen LogP contribution >= 0.6 is 0 Å². The molecule has 1 aromatic heterocycles. The average Bonchev–Trinajstić information content (AvgIpc) is 2.80. The summed E-state index contributed by atoms with van der Waals surface area (Å²) in [4.78, 5) is 23.4. The molecule has 0 N–H and O–H groups in total. The molecule has 0 saturated carbocycles. The normalized spacial score (nSPS) is 18.3. The zero-order valence-electron chi connectivity index (χ0n) is 17.4. The Balaban J connectivity index is 1.22. The number of aromatic nitrogens is 1. The van der Waals surface area contributed by atoms with E-state index >= 15 is 0 Å². The number of benzene rings is 1. The molecule has 2 aliphatic rings. The Kier molecular flexibility index (Phi) is 7.29. The first kappa shape index (κ1) is 20.8. The van der Waals surface area contributed by atoms with Gasteiger partial charge < -0.3 is 14.4 Å². The van der Waals surface area contributed by atoms with E-state index in [-0.39, 0.29) is 5.91 Å². The molecule has 3 heterocycles. The van der Waals surface area contributed by atoms with Gasteiger partial charge in [-0.2, -0.15) is 0 Å². The second kappa shape index (κ2) is 10.5.